The van der Waals surface area contributed by atoms with Crippen molar-refractivity contribution in [1.29, 1.82) is 0 Å². The van der Waals surface area contributed by atoms with Crippen LogP contribution in [0.25, 0.3) is 0 Å². The van der Waals surface area contributed by atoms with Crippen molar-refractivity contribution >= 4 is 21.6 Å². The van der Waals surface area contributed by atoms with E-state index >= 15 is 0 Å². The average molecular weight is 498 g/mol. The molecule has 0 saturated carbocycles. The molecule has 0 aromatic heterocycles. The molecule has 2 N–H and O–H groups in total. The summed E-state index contributed by atoms with van der Waals surface area (Å²) < 4.78 is 47.2. The second-order valence-electron chi connectivity index (χ2n) is 8.43. The summed E-state index contributed by atoms with van der Waals surface area (Å²) in [6.45, 7) is 4.70. The number of morpholine rings is 1. The van der Waals surface area contributed by atoms with Crippen LogP contribution in [-0.4, -0.2) is 52.1 Å². The van der Waals surface area contributed by atoms with Gasteiger partial charge in [0.2, 0.25) is 0 Å². The number of sulfonamides is 1. The number of carbonyl (C=O) groups excluding carboxylic acids is 1. The fraction of sp³-hybridized carbons (Fsp3) is 0.269. The molecule has 0 aliphatic carbocycles. The zero-order valence-corrected chi connectivity index (χ0v) is 20.2. The van der Waals surface area contributed by atoms with Crippen molar-refractivity contribution in [3.05, 3.63) is 95.3 Å². The Balaban J connectivity index is 1.48. The summed E-state index contributed by atoms with van der Waals surface area (Å²) in [5.41, 5.74) is 2.49. The summed E-state index contributed by atoms with van der Waals surface area (Å²) in [6.07, 6.45) is 0. The standard InChI is InChI=1S/C26H28FN3O4S/c1-19-4-2-6-23(16-19)29-35(32,33)24-7-3-5-21(17-24)26(31)28-18-25(30-12-14-34-15-13-30)20-8-10-22(27)11-9-20/h2-11,16-17,25,29H,12-15,18H2,1H3,(H,28,31)/t25-/m0/s1. The molecule has 35 heavy (non-hydrogen) atoms. The first-order chi connectivity index (χ1) is 16.8. The van der Waals surface area contributed by atoms with Gasteiger partial charge >= 0.3 is 0 Å². The van der Waals surface area contributed by atoms with Crippen LogP contribution in [0.15, 0.2) is 77.7 Å². The number of amides is 1. The van der Waals surface area contributed by atoms with Gasteiger partial charge < -0.3 is 10.1 Å². The van der Waals surface area contributed by atoms with Gasteiger partial charge in [0.1, 0.15) is 5.82 Å². The first kappa shape index (κ1) is 24.8. The largest absolute Gasteiger partial charge is 0.379 e. The predicted molar refractivity (Wildman–Crippen MR) is 132 cm³/mol. The van der Waals surface area contributed by atoms with Gasteiger partial charge in [-0.15, -0.1) is 0 Å². The smallest absolute Gasteiger partial charge is 0.261 e. The van der Waals surface area contributed by atoms with Crippen LogP contribution < -0.4 is 10.0 Å². The Bertz CT molecular complexity index is 1280. The molecule has 1 fully saturated rings. The van der Waals surface area contributed by atoms with E-state index in [0.29, 0.717) is 32.0 Å². The van der Waals surface area contributed by atoms with Crippen LogP contribution in [0.3, 0.4) is 0 Å². The van der Waals surface area contributed by atoms with Crippen molar-refractivity contribution in [1.82, 2.24) is 10.2 Å². The minimum Gasteiger partial charge on any atom is -0.379 e. The molecule has 0 spiro atoms. The molecule has 1 amide bonds. The fourth-order valence-electron chi connectivity index (χ4n) is 4.05. The highest BCUT2D eigenvalue weighted by atomic mass is 32.2. The molecule has 0 unspecified atom stereocenters. The SMILES string of the molecule is Cc1cccc(NS(=O)(=O)c2cccc(C(=O)NC[C@@H](c3ccc(F)cc3)N3CCOCC3)c2)c1. The number of anilines is 1. The number of hydrogen-bond donors (Lipinski definition) is 2. The highest BCUT2D eigenvalue weighted by molar-refractivity contribution is 7.92. The van der Waals surface area contributed by atoms with Gasteiger partial charge in [-0.25, -0.2) is 12.8 Å². The first-order valence-electron chi connectivity index (χ1n) is 11.4. The summed E-state index contributed by atoms with van der Waals surface area (Å²) in [7, 11) is -3.87. The van der Waals surface area contributed by atoms with E-state index in [1.807, 2.05) is 13.0 Å². The summed E-state index contributed by atoms with van der Waals surface area (Å²) in [5, 5.41) is 2.91. The second-order valence-corrected chi connectivity index (χ2v) is 10.1. The minimum absolute atomic E-state index is 0.00470. The van der Waals surface area contributed by atoms with E-state index < -0.39 is 15.9 Å². The Kier molecular flexibility index (Phi) is 7.80. The van der Waals surface area contributed by atoms with E-state index in [1.54, 1.807) is 42.5 Å². The van der Waals surface area contributed by atoms with Crippen molar-refractivity contribution in [2.24, 2.45) is 0 Å². The van der Waals surface area contributed by atoms with Gasteiger partial charge in [0.25, 0.3) is 15.9 Å². The molecule has 3 aromatic rings. The maximum Gasteiger partial charge on any atom is 0.261 e. The maximum atomic E-state index is 13.5. The number of nitrogens with zero attached hydrogens (tertiary/aromatic N) is 1. The monoisotopic (exact) mass is 497 g/mol. The van der Waals surface area contributed by atoms with E-state index in [4.69, 9.17) is 4.74 Å². The van der Waals surface area contributed by atoms with Crippen LogP contribution in [0.4, 0.5) is 10.1 Å². The lowest BCUT2D eigenvalue weighted by atomic mass is 10.0. The third-order valence-corrected chi connectivity index (χ3v) is 7.25. The fourth-order valence-corrected chi connectivity index (χ4v) is 5.15. The van der Waals surface area contributed by atoms with Crippen LogP contribution in [-0.2, 0) is 14.8 Å². The Morgan fingerprint density at radius 3 is 2.46 bits per heavy atom. The van der Waals surface area contributed by atoms with Gasteiger partial charge in [-0.1, -0.05) is 30.3 Å². The van der Waals surface area contributed by atoms with E-state index in [2.05, 4.69) is 14.9 Å². The number of rotatable bonds is 8. The van der Waals surface area contributed by atoms with Crippen LogP contribution >= 0.6 is 0 Å². The minimum atomic E-state index is -3.87. The lowest BCUT2D eigenvalue weighted by Crippen LogP contribution is -2.43. The summed E-state index contributed by atoms with van der Waals surface area (Å²) in [5.74, 6) is -0.714. The molecular weight excluding hydrogens is 469 g/mol. The molecule has 1 aliphatic rings. The maximum absolute atomic E-state index is 13.5. The molecule has 0 radical (unpaired) electrons. The number of nitrogens with one attached hydrogen (secondary N) is 2. The molecular formula is C26H28FN3O4S. The summed E-state index contributed by atoms with van der Waals surface area (Å²) >= 11 is 0. The number of aryl methyl sites for hydroxylation is 1. The van der Waals surface area contributed by atoms with Gasteiger partial charge in [0.15, 0.2) is 0 Å². The molecule has 1 saturated heterocycles. The summed E-state index contributed by atoms with van der Waals surface area (Å²) in [6, 6.07) is 19.0. The highest BCUT2D eigenvalue weighted by Gasteiger charge is 2.24. The first-order valence-corrected chi connectivity index (χ1v) is 12.9. The molecule has 1 aliphatic heterocycles. The highest BCUT2D eigenvalue weighted by Crippen LogP contribution is 2.22. The Hall–Kier alpha value is -3.27. The molecule has 4 rings (SSSR count). The molecule has 1 atom stereocenters. The van der Waals surface area contributed by atoms with Crippen molar-refractivity contribution < 1.29 is 22.3 Å². The van der Waals surface area contributed by atoms with Gasteiger partial charge in [0.05, 0.1) is 24.2 Å². The number of ether oxygens (including phenoxy) is 1. The third kappa shape index (κ3) is 6.45. The second kappa shape index (κ2) is 11.0. The Morgan fingerprint density at radius 2 is 1.74 bits per heavy atom. The van der Waals surface area contributed by atoms with Crippen molar-refractivity contribution in [3.8, 4) is 0 Å². The lowest BCUT2D eigenvalue weighted by molar-refractivity contribution is 0.0162. The predicted octanol–water partition coefficient (Wildman–Crippen LogP) is 3.74. The van der Waals surface area contributed by atoms with Crippen molar-refractivity contribution in [3.63, 3.8) is 0 Å². The van der Waals surface area contributed by atoms with Gasteiger partial charge in [-0.3, -0.25) is 14.4 Å². The third-order valence-electron chi connectivity index (χ3n) is 5.87. The molecule has 1 heterocycles. The molecule has 184 valence electrons. The van der Waals surface area contributed by atoms with Crippen LogP contribution in [0.5, 0.6) is 0 Å². The quantitative estimate of drug-likeness (QED) is 0.495. The van der Waals surface area contributed by atoms with Gasteiger partial charge in [-0.05, 0) is 60.5 Å². The number of hydrogen-bond acceptors (Lipinski definition) is 5. The van der Waals surface area contributed by atoms with E-state index in [9.17, 15) is 17.6 Å². The van der Waals surface area contributed by atoms with E-state index in [1.165, 1.54) is 24.3 Å². The zero-order chi connectivity index (χ0) is 24.8. The number of benzene rings is 3. The molecule has 9 heteroatoms. The normalized spacial score (nSPS) is 15.4. The number of carbonyl (C=O) groups is 1. The number of halogens is 1. The van der Waals surface area contributed by atoms with Crippen molar-refractivity contribution in [2.75, 3.05) is 37.6 Å². The molecule has 7 nitrogen and oxygen atoms in total. The van der Waals surface area contributed by atoms with E-state index in [-0.39, 0.29) is 28.9 Å². The van der Waals surface area contributed by atoms with Gasteiger partial charge in [-0.2, -0.15) is 0 Å². The Labute approximate surface area is 205 Å². The van der Waals surface area contributed by atoms with Crippen molar-refractivity contribution in [2.45, 2.75) is 17.9 Å². The lowest BCUT2D eigenvalue weighted by Gasteiger charge is -2.35. The Morgan fingerprint density at radius 1 is 1.03 bits per heavy atom. The van der Waals surface area contributed by atoms with Crippen LogP contribution in [0.1, 0.15) is 27.5 Å². The average Bonchev–Trinajstić information content (AvgIpc) is 2.85. The van der Waals surface area contributed by atoms with Gasteiger partial charge in [0, 0.05) is 30.9 Å². The van der Waals surface area contributed by atoms with E-state index in [0.717, 1.165) is 11.1 Å². The zero-order valence-electron chi connectivity index (χ0n) is 19.4. The topological polar surface area (TPSA) is 87.7 Å². The summed E-state index contributed by atoms with van der Waals surface area (Å²) in [4.78, 5) is 15.1. The molecule has 0 bridgehead atoms. The van der Waals surface area contributed by atoms with Crippen LogP contribution in [0, 0.1) is 12.7 Å². The molecule has 3 aromatic carbocycles. The van der Waals surface area contributed by atoms with Crippen LogP contribution in [0.2, 0.25) is 0 Å².